The Morgan fingerprint density at radius 1 is 1.33 bits per heavy atom. The van der Waals surface area contributed by atoms with Crippen molar-refractivity contribution in [3.8, 4) is 0 Å². The van der Waals surface area contributed by atoms with Crippen LogP contribution in [0.2, 0.25) is 0 Å². The van der Waals surface area contributed by atoms with E-state index in [0.717, 1.165) is 6.07 Å². The normalized spacial score (nSPS) is 12.9. The van der Waals surface area contributed by atoms with Crippen molar-refractivity contribution in [1.29, 1.82) is 0 Å². The minimum atomic E-state index is -1.10. The van der Waals surface area contributed by atoms with E-state index < -0.39 is 23.5 Å². The van der Waals surface area contributed by atoms with Crippen LogP contribution >= 0.6 is 0 Å². The summed E-state index contributed by atoms with van der Waals surface area (Å²) in [6.45, 7) is 3.36. The van der Waals surface area contributed by atoms with Crippen LogP contribution in [0.5, 0.6) is 0 Å². The summed E-state index contributed by atoms with van der Waals surface area (Å²) in [5.41, 5.74) is 0.0268. The molecule has 0 unspecified atom stereocenters. The second-order valence-corrected chi connectivity index (χ2v) is 3.73. The number of carboxylic acids is 1. The summed E-state index contributed by atoms with van der Waals surface area (Å²) in [7, 11) is 0. The molecular weight excluding hydrogens is 202 g/mol. The molecule has 1 aromatic carbocycles. The standard InChI is InChI=1S/C11H12F2O2/c1-6(2)10(11(14)15)8-4-3-7(12)5-9(8)13/h3-6,10H,1-2H3,(H,14,15)/t10-/m0/s1. The van der Waals surface area contributed by atoms with Crippen molar-refractivity contribution in [3.63, 3.8) is 0 Å². The molecule has 0 saturated heterocycles. The lowest BCUT2D eigenvalue weighted by molar-refractivity contribution is -0.139. The van der Waals surface area contributed by atoms with E-state index in [1.54, 1.807) is 13.8 Å². The molecule has 0 radical (unpaired) electrons. The number of hydrogen-bond acceptors (Lipinski definition) is 1. The molecular formula is C11H12F2O2. The summed E-state index contributed by atoms with van der Waals surface area (Å²) in [6, 6.07) is 2.95. The molecule has 0 aromatic heterocycles. The number of carbonyl (C=O) groups is 1. The highest BCUT2D eigenvalue weighted by molar-refractivity contribution is 5.76. The number of benzene rings is 1. The Hall–Kier alpha value is -1.45. The predicted octanol–water partition coefficient (Wildman–Crippen LogP) is 2.79. The third-order valence-corrected chi connectivity index (χ3v) is 2.23. The van der Waals surface area contributed by atoms with E-state index in [4.69, 9.17) is 5.11 Å². The van der Waals surface area contributed by atoms with Crippen molar-refractivity contribution in [2.75, 3.05) is 0 Å². The average Bonchev–Trinajstić information content (AvgIpc) is 2.08. The fourth-order valence-corrected chi connectivity index (χ4v) is 1.53. The van der Waals surface area contributed by atoms with Crippen LogP contribution in [0.3, 0.4) is 0 Å². The van der Waals surface area contributed by atoms with Crippen LogP contribution in [0.1, 0.15) is 25.3 Å². The quantitative estimate of drug-likeness (QED) is 0.840. The molecule has 1 N–H and O–H groups in total. The second kappa shape index (κ2) is 4.38. The number of rotatable bonds is 3. The molecule has 4 heteroatoms. The van der Waals surface area contributed by atoms with Crippen LogP contribution in [0, 0.1) is 17.6 Å². The summed E-state index contributed by atoms with van der Waals surface area (Å²) >= 11 is 0. The average molecular weight is 214 g/mol. The summed E-state index contributed by atoms with van der Waals surface area (Å²) in [5, 5.41) is 8.93. The Bertz CT molecular complexity index is 375. The third-order valence-electron chi connectivity index (χ3n) is 2.23. The molecule has 1 aromatic rings. The van der Waals surface area contributed by atoms with E-state index in [1.165, 1.54) is 6.07 Å². The largest absolute Gasteiger partial charge is 0.481 e. The highest BCUT2D eigenvalue weighted by Crippen LogP contribution is 2.27. The summed E-state index contributed by atoms with van der Waals surface area (Å²) < 4.78 is 25.9. The molecule has 0 spiro atoms. The maximum absolute atomic E-state index is 13.3. The molecule has 0 amide bonds. The van der Waals surface area contributed by atoms with Crippen LogP contribution in [0.25, 0.3) is 0 Å². The van der Waals surface area contributed by atoms with Crippen LogP contribution in [0.15, 0.2) is 18.2 Å². The SMILES string of the molecule is CC(C)[C@H](C(=O)O)c1ccc(F)cc1F. The predicted molar refractivity (Wildman–Crippen MR) is 51.6 cm³/mol. The van der Waals surface area contributed by atoms with Gasteiger partial charge in [-0.3, -0.25) is 4.79 Å². The van der Waals surface area contributed by atoms with E-state index >= 15 is 0 Å². The molecule has 0 aliphatic heterocycles. The van der Waals surface area contributed by atoms with Gasteiger partial charge in [0.15, 0.2) is 0 Å². The van der Waals surface area contributed by atoms with Gasteiger partial charge in [0.25, 0.3) is 0 Å². The molecule has 0 aliphatic rings. The van der Waals surface area contributed by atoms with Gasteiger partial charge in [0.1, 0.15) is 11.6 Å². The van der Waals surface area contributed by atoms with E-state index in [0.29, 0.717) is 6.07 Å². The van der Waals surface area contributed by atoms with Gasteiger partial charge in [-0.05, 0) is 12.0 Å². The highest BCUT2D eigenvalue weighted by Gasteiger charge is 2.26. The second-order valence-electron chi connectivity index (χ2n) is 3.73. The Balaban J connectivity index is 3.17. The monoisotopic (exact) mass is 214 g/mol. The number of hydrogen-bond donors (Lipinski definition) is 1. The van der Waals surface area contributed by atoms with E-state index in [1.807, 2.05) is 0 Å². The zero-order valence-corrected chi connectivity index (χ0v) is 8.50. The maximum atomic E-state index is 13.3. The summed E-state index contributed by atoms with van der Waals surface area (Å²) in [4.78, 5) is 10.9. The van der Waals surface area contributed by atoms with Crippen molar-refractivity contribution in [3.05, 3.63) is 35.4 Å². The van der Waals surface area contributed by atoms with Gasteiger partial charge in [0, 0.05) is 11.6 Å². The van der Waals surface area contributed by atoms with Gasteiger partial charge in [-0.1, -0.05) is 19.9 Å². The van der Waals surface area contributed by atoms with Gasteiger partial charge < -0.3 is 5.11 Å². The minimum absolute atomic E-state index is 0.0268. The third kappa shape index (κ3) is 2.52. The molecule has 0 heterocycles. The van der Waals surface area contributed by atoms with E-state index in [9.17, 15) is 13.6 Å². The highest BCUT2D eigenvalue weighted by atomic mass is 19.1. The summed E-state index contributed by atoms with van der Waals surface area (Å²) in [5.74, 6) is -3.80. The number of aliphatic carboxylic acids is 1. The first kappa shape index (κ1) is 11.6. The van der Waals surface area contributed by atoms with Crippen LogP contribution in [-0.2, 0) is 4.79 Å². The van der Waals surface area contributed by atoms with Gasteiger partial charge in [-0.25, -0.2) is 8.78 Å². The smallest absolute Gasteiger partial charge is 0.311 e. The van der Waals surface area contributed by atoms with Gasteiger partial charge in [0.2, 0.25) is 0 Å². The zero-order valence-electron chi connectivity index (χ0n) is 8.50. The lowest BCUT2D eigenvalue weighted by atomic mass is 9.88. The van der Waals surface area contributed by atoms with Crippen LogP contribution < -0.4 is 0 Å². The first-order valence-electron chi connectivity index (χ1n) is 4.61. The van der Waals surface area contributed by atoms with Gasteiger partial charge in [-0.2, -0.15) is 0 Å². The molecule has 0 bridgehead atoms. The lowest BCUT2D eigenvalue weighted by Crippen LogP contribution is -2.18. The Morgan fingerprint density at radius 3 is 2.33 bits per heavy atom. The summed E-state index contributed by atoms with van der Waals surface area (Å²) in [6.07, 6.45) is 0. The lowest BCUT2D eigenvalue weighted by Gasteiger charge is -2.17. The molecule has 0 saturated carbocycles. The van der Waals surface area contributed by atoms with E-state index in [-0.39, 0.29) is 11.5 Å². The molecule has 0 aliphatic carbocycles. The van der Waals surface area contributed by atoms with Crippen molar-refractivity contribution < 1.29 is 18.7 Å². The molecule has 1 atom stereocenters. The molecule has 15 heavy (non-hydrogen) atoms. The van der Waals surface area contributed by atoms with Crippen molar-refractivity contribution in [1.82, 2.24) is 0 Å². The van der Waals surface area contributed by atoms with Gasteiger partial charge in [0.05, 0.1) is 5.92 Å². The van der Waals surface area contributed by atoms with Crippen LogP contribution in [-0.4, -0.2) is 11.1 Å². The Morgan fingerprint density at radius 2 is 1.93 bits per heavy atom. The van der Waals surface area contributed by atoms with Gasteiger partial charge in [-0.15, -0.1) is 0 Å². The molecule has 2 nitrogen and oxygen atoms in total. The fourth-order valence-electron chi connectivity index (χ4n) is 1.53. The minimum Gasteiger partial charge on any atom is -0.481 e. The number of carboxylic acid groups (broad SMARTS) is 1. The van der Waals surface area contributed by atoms with E-state index in [2.05, 4.69) is 0 Å². The molecule has 82 valence electrons. The van der Waals surface area contributed by atoms with Crippen molar-refractivity contribution in [2.45, 2.75) is 19.8 Å². The Kier molecular flexibility index (Phi) is 3.39. The topological polar surface area (TPSA) is 37.3 Å². The first-order chi connectivity index (χ1) is 6.93. The Labute approximate surface area is 86.5 Å². The maximum Gasteiger partial charge on any atom is 0.311 e. The first-order valence-corrected chi connectivity index (χ1v) is 4.61. The molecule has 1 rings (SSSR count). The van der Waals surface area contributed by atoms with Crippen molar-refractivity contribution >= 4 is 5.97 Å². The zero-order chi connectivity index (χ0) is 11.6. The fraction of sp³-hybridized carbons (Fsp3) is 0.364. The van der Waals surface area contributed by atoms with Crippen LogP contribution in [0.4, 0.5) is 8.78 Å². The molecule has 0 fully saturated rings. The van der Waals surface area contributed by atoms with Gasteiger partial charge >= 0.3 is 5.97 Å². The van der Waals surface area contributed by atoms with Crippen molar-refractivity contribution in [2.24, 2.45) is 5.92 Å². The number of halogens is 2.